The van der Waals surface area contributed by atoms with Gasteiger partial charge in [-0.25, -0.2) is 0 Å². The van der Waals surface area contributed by atoms with Crippen LogP contribution in [0, 0.1) is 5.41 Å². The molecule has 0 spiro atoms. The number of Topliss-reactive ketones (excluding diaryl/α,β-unsaturated/α-hetero) is 1. The van der Waals surface area contributed by atoms with Gasteiger partial charge in [-0.3, -0.25) is 4.79 Å². The maximum Gasteiger partial charge on any atom is 0.141 e. The molecule has 0 aromatic carbocycles. The summed E-state index contributed by atoms with van der Waals surface area (Å²) >= 11 is 0. The van der Waals surface area contributed by atoms with E-state index in [9.17, 15) is 4.79 Å². The molecule has 0 bridgehead atoms. The highest BCUT2D eigenvalue weighted by Gasteiger charge is 2.44. The van der Waals surface area contributed by atoms with E-state index in [4.69, 9.17) is 5.11 Å². The summed E-state index contributed by atoms with van der Waals surface area (Å²) in [6, 6.07) is 0. The van der Waals surface area contributed by atoms with Crippen molar-refractivity contribution in [1.82, 2.24) is 0 Å². The first-order valence-corrected chi connectivity index (χ1v) is 4.39. The Morgan fingerprint density at radius 3 is 2.64 bits per heavy atom. The van der Waals surface area contributed by atoms with E-state index in [1.54, 1.807) is 0 Å². The molecule has 2 heteroatoms. The summed E-state index contributed by atoms with van der Waals surface area (Å²) in [7, 11) is 0. The molecule has 2 nitrogen and oxygen atoms in total. The third-order valence-corrected chi connectivity index (χ3v) is 2.73. The monoisotopic (exact) mass is 156 g/mol. The summed E-state index contributed by atoms with van der Waals surface area (Å²) in [5.41, 5.74) is -0.310. The van der Waals surface area contributed by atoms with Crippen LogP contribution in [0.2, 0.25) is 0 Å². The van der Waals surface area contributed by atoms with Crippen molar-refractivity contribution < 1.29 is 9.90 Å². The molecule has 0 aromatic rings. The summed E-state index contributed by atoms with van der Waals surface area (Å²) in [6.07, 6.45) is 4.65. The van der Waals surface area contributed by atoms with Gasteiger partial charge in [-0.05, 0) is 12.8 Å². The van der Waals surface area contributed by atoms with Crippen molar-refractivity contribution >= 4 is 5.78 Å². The number of aliphatic hydroxyl groups is 1. The third-order valence-electron chi connectivity index (χ3n) is 2.73. The minimum absolute atomic E-state index is 0.0613. The van der Waals surface area contributed by atoms with E-state index in [1.807, 2.05) is 0 Å². The number of carbonyl (C=O) groups is 1. The van der Waals surface area contributed by atoms with E-state index >= 15 is 0 Å². The first-order chi connectivity index (χ1) is 5.25. The van der Waals surface area contributed by atoms with Crippen LogP contribution in [0.4, 0.5) is 0 Å². The molecule has 1 atom stereocenters. The van der Waals surface area contributed by atoms with Crippen molar-refractivity contribution in [1.29, 1.82) is 0 Å². The molecule has 0 radical (unpaired) electrons. The predicted octanol–water partition coefficient (Wildman–Crippen LogP) is 1.52. The normalized spacial score (nSPS) is 30.2. The number of unbranched alkanes of at least 4 members (excludes halogenated alkanes) is 1. The Morgan fingerprint density at radius 1 is 1.64 bits per heavy atom. The molecule has 0 saturated heterocycles. The van der Waals surface area contributed by atoms with Gasteiger partial charge in [0.1, 0.15) is 5.78 Å². The fraction of sp³-hybridized carbons (Fsp3) is 0.889. The molecule has 1 rings (SSSR count). The highest BCUT2D eigenvalue weighted by Crippen LogP contribution is 2.41. The van der Waals surface area contributed by atoms with Crippen LogP contribution in [-0.4, -0.2) is 17.5 Å². The Hall–Kier alpha value is -0.370. The molecular weight excluding hydrogens is 140 g/mol. The van der Waals surface area contributed by atoms with E-state index in [0.717, 1.165) is 25.7 Å². The van der Waals surface area contributed by atoms with Gasteiger partial charge in [-0.1, -0.05) is 19.8 Å². The van der Waals surface area contributed by atoms with Crippen LogP contribution in [0.15, 0.2) is 0 Å². The predicted molar refractivity (Wildman–Crippen MR) is 43.3 cm³/mol. The Labute approximate surface area is 67.6 Å². The van der Waals surface area contributed by atoms with Crippen molar-refractivity contribution in [2.45, 2.75) is 39.0 Å². The standard InChI is InChI=1S/C9H16O2/c1-2-3-5-9(7-10)6-4-8(9)11/h10H,2-7H2,1H3. The molecule has 1 fully saturated rings. The van der Waals surface area contributed by atoms with Gasteiger partial charge in [0.05, 0.1) is 12.0 Å². The van der Waals surface area contributed by atoms with E-state index in [1.165, 1.54) is 0 Å². The minimum atomic E-state index is -0.310. The van der Waals surface area contributed by atoms with Crippen LogP contribution < -0.4 is 0 Å². The Morgan fingerprint density at radius 2 is 2.36 bits per heavy atom. The lowest BCUT2D eigenvalue weighted by Crippen LogP contribution is -2.43. The smallest absolute Gasteiger partial charge is 0.141 e. The number of hydrogen-bond donors (Lipinski definition) is 1. The molecule has 0 amide bonds. The SMILES string of the molecule is CCCCC1(CO)CCC1=O. The number of hydrogen-bond acceptors (Lipinski definition) is 2. The number of ketones is 1. The summed E-state index contributed by atoms with van der Waals surface area (Å²) in [5, 5.41) is 9.01. The molecule has 0 aliphatic heterocycles. The fourth-order valence-electron chi connectivity index (χ4n) is 1.61. The second kappa shape index (κ2) is 3.35. The molecule has 64 valence electrons. The lowest BCUT2D eigenvalue weighted by atomic mass is 9.65. The summed E-state index contributed by atoms with van der Waals surface area (Å²) < 4.78 is 0. The molecule has 0 heterocycles. The zero-order valence-corrected chi connectivity index (χ0v) is 7.10. The molecule has 0 aromatic heterocycles. The Kier molecular flexibility index (Phi) is 2.66. The number of rotatable bonds is 4. The van der Waals surface area contributed by atoms with Gasteiger partial charge in [-0.15, -0.1) is 0 Å². The molecule has 1 unspecified atom stereocenters. The minimum Gasteiger partial charge on any atom is -0.395 e. The van der Waals surface area contributed by atoms with Gasteiger partial charge < -0.3 is 5.11 Å². The third kappa shape index (κ3) is 1.45. The van der Waals surface area contributed by atoms with Gasteiger partial charge in [0.15, 0.2) is 0 Å². The summed E-state index contributed by atoms with van der Waals surface area (Å²) in [5.74, 6) is 0.272. The van der Waals surface area contributed by atoms with Crippen LogP contribution in [0.1, 0.15) is 39.0 Å². The first kappa shape index (κ1) is 8.72. The number of aliphatic hydroxyl groups excluding tert-OH is 1. The van der Waals surface area contributed by atoms with Crippen molar-refractivity contribution in [3.63, 3.8) is 0 Å². The van der Waals surface area contributed by atoms with E-state index in [-0.39, 0.29) is 17.8 Å². The lowest BCUT2D eigenvalue weighted by molar-refractivity contribution is -0.142. The van der Waals surface area contributed by atoms with Crippen molar-refractivity contribution in [3.05, 3.63) is 0 Å². The number of carbonyl (C=O) groups excluding carboxylic acids is 1. The highest BCUT2D eigenvalue weighted by molar-refractivity contribution is 5.90. The quantitative estimate of drug-likeness (QED) is 0.670. The topological polar surface area (TPSA) is 37.3 Å². The summed E-state index contributed by atoms with van der Waals surface area (Å²) in [4.78, 5) is 11.1. The van der Waals surface area contributed by atoms with Crippen LogP contribution in [0.3, 0.4) is 0 Å². The first-order valence-electron chi connectivity index (χ1n) is 4.39. The largest absolute Gasteiger partial charge is 0.395 e. The summed E-state index contributed by atoms with van der Waals surface area (Å²) in [6.45, 7) is 2.17. The van der Waals surface area contributed by atoms with Gasteiger partial charge in [-0.2, -0.15) is 0 Å². The lowest BCUT2D eigenvalue weighted by Gasteiger charge is -2.38. The van der Waals surface area contributed by atoms with Crippen LogP contribution in [0.5, 0.6) is 0 Å². The van der Waals surface area contributed by atoms with Crippen molar-refractivity contribution in [2.75, 3.05) is 6.61 Å². The van der Waals surface area contributed by atoms with E-state index in [0.29, 0.717) is 6.42 Å². The van der Waals surface area contributed by atoms with Crippen LogP contribution in [0.25, 0.3) is 0 Å². The molecule has 11 heavy (non-hydrogen) atoms. The van der Waals surface area contributed by atoms with Crippen molar-refractivity contribution in [2.24, 2.45) is 5.41 Å². The molecule has 1 aliphatic carbocycles. The van der Waals surface area contributed by atoms with Crippen LogP contribution in [-0.2, 0) is 4.79 Å². The zero-order valence-electron chi connectivity index (χ0n) is 7.10. The second-order valence-electron chi connectivity index (χ2n) is 3.47. The molecule has 1 saturated carbocycles. The molecule has 1 aliphatic rings. The molecular formula is C9H16O2. The van der Waals surface area contributed by atoms with Gasteiger partial charge in [0, 0.05) is 6.42 Å². The average Bonchev–Trinajstić information content (AvgIpc) is 2.04. The van der Waals surface area contributed by atoms with Crippen molar-refractivity contribution in [3.8, 4) is 0 Å². The second-order valence-corrected chi connectivity index (χ2v) is 3.47. The zero-order chi connectivity index (χ0) is 8.32. The Balaban J connectivity index is 2.41. The average molecular weight is 156 g/mol. The van der Waals surface area contributed by atoms with Gasteiger partial charge in [0.25, 0.3) is 0 Å². The van der Waals surface area contributed by atoms with E-state index in [2.05, 4.69) is 6.92 Å². The van der Waals surface area contributed by atoms with Crippen LogP contribution >= 0.6 is 0 Å². The maximum absolute atomic E-state index is 11.1. The maximum atomic E-state index is 11.1. The fourth-order valence-corrected chi connectivity index (χ4v) is 1.61. The highest BCUT2D eigenvalue weighted by atomic mass is 16.3. The Bertz CT molecular complexity index is 150. The van der Waals surface area contributed by atoms with Gasteiger partial charge >= 0.3 is 0 Å². The van der Waals surface area contributed by atoms with Gasteiger partial charge in [0.2, 0.25) is 0 Å². The molecule has 1 N–H and O–H groups in total. The van der Waals surface area contributed by atoms with E-state index < -0.39 is 0 Å².